The van der Waals surface area contributed by atoms with Gasteiger partial charge < -0.3 is 10.7 Å². The molecule has 1 heterocycles. The van der Waals surface area contributed by atoms with Gasteiger partial charge in [0.1, 0.15) is 0 Å². The molecule has 2 nitrogen and oxygen atoms in total. The van der Waals surface area contributed by atoms with Gasteiger partial charge in [0, 0.05) is 11.1 Å². The molecule has 28 heavy (non-hydrogen) atoms. The van der Waals surface area contributed by atoms with Gasteiger partial charge in [0.25, 0.3) is 0 Å². The summed E-state index contributed by atoms with van der Waals surface area (Å²) in [6, 6.07) is 22.7. The van der Waals surface area contributed by atoms with E-state index < -0.39 is 0 Å². The first-order valence-electron chi connectivity index (χ1n) is 9.53. The zero-order chi connectivity index (χ0) is 19.5. The first-order chi connectivity index (χ1) is 13.7. The molecule has 0 aliphatic carbocycles. The Bertz CT molecular complexity index is 1080. The molecule has 0 aliphatic heterocycles. The summed E-state index contributed by atoms with van der Waals surface area (Å²) in [5.74, 6) is 0. The molecule has 0 saturated carbocycles. The van der Waals surface area contributed by atoms with Crippen LogP contribution in [0, 0.1) is 0 Å². The fraction of sp³-hybridized carbons (Fsp3) is 0.167. The molecule has 0 fully saturated rings. The quantitative estimate of drug-likeness (QED) is 0.328. The summed E-state index contributed by atoms with van der Waals surface area (Å²) in [7, 11) is 0. The molecule has 0 unspecified atom stereocenters. The monoisotopic (exact) mass is 408 g/mol. The zero-order valence-electron chi connectivity index (χ0n) is 15.5. The lowest BCUT2D eigenvalue weighted by Crippen LogP contribution is -1.99. The van der Waals surface area contributed by atoms with Crippen molar-refractivity contribution in [1.82, 2.24) is 4.98 Å². The van der Waals surface area contributed by atoms with Gasteiger partial charge in [-0.15, -0.1) is 0 Å². The Kier molecular flexibility index (Phi) is 5.72. The molecule has 0 atom stereocenters. The van der Waals surface area contributed by atoms with E-state index in [1.54, 1.807) is 0 Å². The number of nitrogens with one attached hydrogen (secondary N) is 1. The van der Waals surface area contributed by atoms with Crippen LogP contribution in [0.3, 0.4) is 0 Å². The summed E-state index contributed by atoms with van der Waals surface area (Å²) >= 11 is 13.0. The molecule has 1 aromatic heterocycles. The molecule has 4 aromatic rings. The van der Waals surface area contributed by atoms with Crippen LogP contribution in [0.5, 0.6) is 0 Å². The van der Waals surface area contributed by atoms with E-state index >= 15 is 0 Å². The third kappa shape index (κ3) is 3.68. The molecular formula is C24H22Cl2N2. The molecule has 0 amide bonds. The molecule has 0 saturated heterocycles. The van der Waals surface area contributed by atoms with E-state index in [0.29, 0.717) is 11.6 Å². The molecule has 3 aromatic carbocycles. The van der Waals surface area contributed by atoms with E-state index in [1.165, 1.54) is 16.7 Å². The molecule has 0 bridgehead atoms. The number of aromatic nitrogens is 1. The lowest BCUT2D eigenvalue weighted by Gasteiger charge is -2.08. The number of aryl methyl sites for hydroxylation is 1. The maximum Gasteiger partial charge on any atom is 0.0666 e. The number of aromatic amines is 1. The van der Waals surface area contributed by atoms with Crippen molar-refractivity contribution in [2.45, 2.75) is 19.3 Å². The number of halogens is 2. The summed E-state index contributed by atoms with van der Waals surface area (Å²) in [6.45, 7) is 0.692. The normalized spacial score (nSPS) is 11.2. The number of hydrogen-bond donors (Lipinski definition) is 2. The molecule has 4 heteroatoms. The van der Waals surface area contributed by atoms with E-state index in [4.69, 9.17) is 28.9 Å². The number of benzene rings is 3. The minimum atomic E-state index is 0.687. The van der Waals surface area contributed by atoms with Crippen LogP contribution in [0.15, 0.2) is 66.7 Å². The Morgan fingerprint density at radius 1 is 0.714 bits per heavy atom. The van der Waals surface area contributed by atoms with Crippen LogP contribution in [0.2, 0.25) is 10.0 Å². The highest BCUT2D eigenvalue weighted by molar-refractivity contribution is 6.40. The van der Waals surface area contributed by atoms with Crippen LogP contribution in [0.25, 0.3) is 33.3 Å². The fourth-order valence-electron chi connectivity index (χ4n) is 3.70. The van der Waals surface area contributed by atoms with Crippen LogP contribution < -0.4 is 5.73 Å². The highest BCUT2D eigenvalue weighted by Crippen LogP contribution is 2.39. The van der Waals surface area contributed by atoms with Crippen molar-refractivity contribution in [1.29, 1.82) is 0 Å². The van der Waals surface area contributed by atoms with Crippen LogP contribution in [-0.2, 0) is 6.42 Å². The number of H-pyrrole nitrogens is 1. The molecule has 4 rings (SSSR count). The second-order valence-corrected chi connectivity index (χ2v) is 7.76. The predicted octanol–water partition coefficient (Wildman–Crippen LogP) is 7.09. The van der Waals surface area contributed by atoms with Gasteiger partial charge in [-0.05, 0) is 60.2 Å². The SMILES string of the molecule is NCCCCc1c(-c2ccc(-c3ccccc3)cc2)[nH]c2c(Cl)ccc(Cl)c12. The van der Waals surface area contributed by atoms with Crippen LogP contribution in [-0.4, -0.2) is 11.5 Å². The van der Waals surface area contributed by atoms with Gasteiger partial charge in [-0.25, -0.2) is 0 Å². The number of hydrogen-bond acceptors (Lipinski definition) is 1. The van der Waals surface area contributed by atoms with Crippen LogP contribution in [0.4, 0.5) is 0 Å². The van der Waals surface area contributed by atoms with Gasteiger partial charge in [-0.2, -0.15) is 0 Å². The van der Waals surface area contributed by atoms with Crippen LogP contribution in [0.1, 0.15) is 18.4 Å². The molecular weight excluding hydrogens is 387 g/mol. The number of unbranched alkanes of at least 4 members (excludes halogenated alkanes) is 1. The lowest BCUT2D eigenvalue weighted by molar-refractivity contribution is 0.748. The molecule has 3 N–H and O–H groups in total. The zero-order valence-corrected chi connectivity index (χ0v) is 17.0. The van der Waals surface area contributed by atoms with Gasteiger partial charge in [-0.1, -0.05) is 77.8 Å². The first kappa shape index (κ1) is 19.1. The third-order valence-corrected chi connectivity index (χ3v) is 5.75. The largest absolute Gasteiger partial charge is 0.353 e. The van der Waals surface area contributed by atoms with Crippen molar-refractivity contribution in [2.75, 3.05) is 6.54 Å². The van der Waals surface area contributed by atoms with Crippen molar-refractivity contribution >= 4 is 34.1 Å². The van der Waals surface area contributed by atoms with Gasteiger partial charge in [0.15, 0.2) is 0 Å². The molecule has 142 valence electrons. The van der Waals surface area contributed by atoms with Crippen LogP contribution >= 0.6 is 23.2 Å². The maximum absolute atomic E-state index is 6.55. The Hall–Kier alpha value is -2.26. The second-order valence-electron chi connectivity index (χ2n) is 6.95. The van der Waals surface area contributed by atoms with Crippen molar-refractivity contribution < 1.29 is 0 Å². The summed E-state index contributed by atoms with van der Waals surface area (Å²) in [5.41, 5.74) is 12.4. The second kappa shape index (κ2) is 8.40. The maximum atomic E-state index is 6.55. The van der Waals surface area contributed by atoms with E-state index in [9.17, 15) is 0 Å². The Morgan fingerprint density at radius 3 is 2.07 bits per heavy atom. The highest BCUT2D eigenvalue weighted by Gasteiger charge is 2.17. The summed E-state index contributed by atoms with van der Waals surface area (Å²) < 4.78 is 0. The van der Waals surface area contributed by atoms with Crippen molar-refractivity contribution in [3.63, 3.8) is 0 Å². The van der Waals surface area contributed by atoms with Gasteiger partial charge in [-0.3, -0.25) is 0 Å². The van der Waals surface area contributed by atoms with E-state index in [1.807, 2.05) is 18.2 Å². The third-order valence-electron chi connectivity index (χ3n) is 5.12. The Balaban J connectivity index is 1.80. The van der Waals surface area contributed by atoms with E-state index in [0.717, 1.165) is 46.4 Å². The van der Waals surface area contributed by atoms with Gasteiger partial charge >= 0.3 is 0 Å². The molecule has 0 aliphatic rings. The van der Waals surface area contributed by atoms with E-state index in [-0.39, 0.29) is 0 Å². The van der Waals surface area contributed by atoms with Gasteiger partial charge in [0.05, 0.1) is 15.6 Å². The summed E-state index contributed by atoms with van der Waals surface area (Å²) in [5, 5.41) is 2.44. The fourth-order valence-corrected chi connectivity index (χ4v) is 4.17. The van der Waals surface area contributed by atoms with Gasteiger partial charge in [0.2, 0.25) is 0 Å². The molecule has 0 spiro atoms. The summed E-state index contributed by atoms with van der Waals surface area (Å²) in [4.78, 5) is 3.53. The molecule has 0 radical (unpaired) electrons. The Morgan fingerprint density at radius 2 is 1.36 bits per heavy atom. The lowest BCUT2D eigenvalue weighted by atomic mass is 9.98. The standard InChI is InChI=1S/C24H22Cl2N2/c25-20-13-14-21(26)24-22(20)19(8-4-5-15-27)23(28-24)18-11-9-17(10-12-18)16-6-2-1-3-7-16/h1-3,6-7,9-14,28H,4-5,8,15,27H2. The minimum Gasteiger partial charge on any atom is -0.353 e. The average Bonchev–Trinajstić information content (AvgIpc) is 3.13. The summed E-state index contributed by atoms with van der Waals surface area (Å²) in [6.07, 6.45) is 2.91. The van der Waals surface area contributed by atoms with Crippen molar-refractivity contribution in [3.8, 4) is 22.4 Å². The number of rotatable bonds is 6. The highest BCUT2D eigenvalue weighted by atomic mass is 35.5. The van der Waals surface area contributed by atoms with Crippen molar-refractivity contribution in [3.05, 3.63) is 82.3 Å². The average molecular weight is 409 g/mol. The number of fused-ring (bicyclic) bond motifs is 1. The minimum absolute atomic E-state index is 0.687. The Labute approximate surface area is 175 Å². The topological polar surface area (TPSA) is 41.8 Å². The van der Waals surface area contributed by atoms with E-state index in [2.05, 4.69) is 53.5 Å². The predicted molar refractivity (Wildman–Crippen MR) is 121 cm³/mol. The first-order valence-corrected chi connectivity index (χ1v) is 10.3. The van der Waals surface area contributed by atoms with Crippen molar-refractivity contribution in [2.24, 2.45) is 5.73 Å². The number of nitrogens with two attached hydrogens (primary N) is 1. The smallest absolute Gasteiger partial charge is 0.0666 e.